The largest absolute Gasteiger partial charge is 0.497 e. The standard InChI is InChI=1S/C22H23N3O6S/c1-13(26)29-20-18(24-25-23)19-17(30-22(20)32-16-6-4-3-5-7-16)12-28-21(31-19)14-8-10-15(27-2)11-9-14/h3-11,17-22H,12H2,1-2H3. The van der Waals surface area contributed by atoms with Gasteiger partial charge in [-0.3, -0.25) is 4.79 Å². The Morgan fingerprint density at radius 1 is 1.16 bits per heavy atom. The zero-order valence-electron chi connectivity index (χ0n) is 17.6. The molecule has 10 heteroatoms. The highest BCUT2D eigenvalue weighted by Gasteiger charge is 2.51. The normalized spacial score (nSPS) is 29.3. The maximum atomic E-state index is 11.9. The van der Waals surface area contributed by atoms with Gasteiger partial charge in [-0.15, -0.1) is 0 Å². The Morgan fingerprint density at radius 2 is 1.91 bits per heavy atom. The van der Waals surface area contributed by atoms with Crippen molar-refractivity contribution in [3.05, 3.63) is 70.6 Å². The van der Waals surface area contributed by atoms with Crippen molar-refractivity contribution in [2.45, 2.75) is 47.9 Å². The second-order valence-corrected chi connectivity index (χ2v) is 8.45. The van der Waals surface area contributed by atoms with Crippen molar-refractivity contribution in [2.24, 2.45) is 5.11 Å². The zero-order valence-corrected chi connectivity index (χ0v) is 18.4. The molecule has 0 bridgehead atoms. The SMILES string of the molecule is COc1ccc(C2OCC3OC(Sc4ccccc4)C(OC(C)=O)C(N=[N+]=[N-])C3O2)cc1. The summed E-state index contributed by atoms with van der Waals surface area (Å²) in [6.45, 7) is 1.55. The van der Waals surface area contributed by atoms with Crippen LogP contribution in [0.5, 0.6) is 5.75 Å². The number of methoxy groups -OCH3 is 1. The first kappa shape index (κ1) is 22.4. The summed E-state index contributed by atoms with van der Waals surface area (Å²) >= 11 is 1.39. The van der Waals surface area contributed by atoms with E-state index in [-0.39, 0.29) is 6.61 Å². The molecule has 0 N–H and O–H groups in total. The smallest absolute Gasteiger partial charge is 0.303 e. The number of ether oxygens (including phenoxy) is 5. The molecular formula is C22H23N3O6S. The lowest BCUT2D eigenvalue weighted by Gasteiger charge is -2.47. The summed E-state index contributed by atoms with van der Waals surface area (Å²) in [7, 11) is 1.59. The van der Waals surface area contributed by atoms with Crippen molar-refractivity contribution in [3.63, 3.8) is 0 Å². The second-order valence-electron chi connectivity index (χ2n) is 7.28. The van der Waals surface area contributed by atoms with E-state index in [9.17, 15) is 10.3 Å². The van der Waals surface area contributed by atoms with Gasteiger partial charge in [0.05, 0.1) is 13.7 Å². The molecule has 4 rings (SSSR count). The molecule has 2 aliphatic rings. The number of carbonyl (C=O) groups excluding carboxylic acids is 1. The average Bonchev–Trinajstić information content (AvgIpc) is 2.81. The fourth-order valence-electron chi connectivity index (χ4n) is 3.73. The Balaban J connectivity index is 1.59. The third-order valence-electron chi connectivity index (χ3n) is 5.18. The fraction of sp³-hybridized carbons (Fsp3) is 0.409. The lowest BCUT2D eigenvalue weighted by Crippen LogP contribution is -2.61. The molecule has 6 unspecified atom stereocenters. The van der Waals surface area contributed by atoms with Gasteiger partial charge < -0.3 is 23.7 Å². The van der Waals surface area contributed by atoms with Gasteiger partial charge in [-0.1, -0.05) is 47.2 Å². The van der Waals surface area contributed by atoms with Gasteiger partial charge in [-0.25, -0.2) is 0 Å². The van der Waals surface area contributed by atoms with Crippen molar-refractivity contribution in [2.75, 3.05) is 13.7 Å². The molecule has 32 heavy (non-hydrogen) atoms. The highest BCUT2D eigenvalue weighted by molar-refractivity contribution is 7.99. The topological polar surface area (TPSA) is 112 Å². The van der Waals surface area contributed by atoms with Crippen LogP contribution in [0.1, 0.15) is 18.8 Å². The Hall–Kier alpha value is -2.75. The quantitative estimate of drug-likeness (QED) is 0.276. The van der Waals surface area contributed by atoms with Gasteiger partial charge in [-0.05, 0) is 29.8 Å². The number of hydrogen-bond donors (Lipinski definition) is 0. The Labute approximate surface area is 189 Å². The molecule has 0 aliphatic carbocycles. The number of fused-ring (bicyclic) bond motifs is 1. The van der Waals surface area contributed by atoms with Gasteiger partial charge >= 0.3 is 5.97 Å². The van der Waals surface area contributed by atoms with Crippen molar-refractivity contribution >= 4 is 17.7 Å². The molecule has 2 heterocycles. The van der Waals surface area contributed by atoms with E-state index in [1.165, 1.54) is 18.7 Å². The highest BCUT2D eigenvalue weighted by Crippen LogP contribution is 2.41. The lowest BCUT2D eigenvalue weighted by molar-refractivity contribution is -0.298. The molecule has 0 spiro atoms. The minimum absolute atomic E-state index is 0.234. The highest BCUT2D eigenvalue weighted by atomic mass is 32.2. The Bertz CT molecular complexity index is 969. The maximum Gasteiger partial charge on any atom is 0.303 e. The number of carbonyl (C=O) groups is 1. The molecule has 0 amide bonds. The molecule has 6 atom stereocenters. The van der Waals surface area contributed by atoms with Crippen LogP contribution in [-0.2, 0) is 23.7 Å². The van der Waals surface area contributed by atoms with Gasteiger partial charge in [0.2, 0.25) is 0 Å². The molecule has 168 valence electrons. The van der Waals surface area contributed by atoms with E-state index < -0.39 is 42.0 Å². The molecule has 2 aromatic carbocycles. The zero-order chi connectivity index (χ0) is 22.5. The van der Waals surface area contributed by atoms with Crippen LogP contribution in [0, 0.1) is 0 Å². The predicted octanol–water partition coefficient (Wildman–Crippen LogP) is 4.24. The number of azide groups is 1. The van der Waals surface area contributed by atoms with Crippen molar-refractivity contribution in [1.29, 1.82) is 0 Å². The predicted molar refractivity (Wildman–Crippen MR) is 116 cm³/mol. The van der Waals surface area contributed by atoms with Crippen LogP contribution >= 0.6 is 11.8 Å². The van der Waals surface area contributed by atoms with Crippen molar-refractivity contribution in [1.82, 2.24) is 0 Å². The third kappa shape index (κ3) is 5.01. The van der Waals surface area contributed by atoms with Crippen LogP contribution in [0.25, 0.3) is 10.4 Å². The van der Waals surface area contributed by atoms with E-state index in [0.717, 1.165) is 10.5 Å². The molecule has 0 radical (unpaired) electrons. The number of thioether (sulfide) groups is 1. The second kappa shape index (κ2) is 10.2. The third-order valence-corrected chi connectivity index (χ3v) is 6.34. The molecule has 0 saturated carbocycles. The van der Waals surface area contributed by atoms with E-state index in [4.69, 9.17) is 23.7 Å². The summed E-state index contributed by atoms with van der Waals surface area (Å²) in [6, 6.07) is 16.1. The maximum absolute atomic E-state index is 11.9. The molecule has 0 aromatic heterocycles. The minimum atomic E-state index is -0.829. The van der Waals surface area contributed by atoms with E-state index >= 15 is 0 Å². The first-order valence-corrected chi connectivity index (χ1v) is 11.0. The number of rotatable bonds is 6. The molecule has 2 saturated heterocycles. The molecule has 9 nitrogen and oxygen atoms in total. The monoisotopic (exact) mass is 457 g/mol. The van der Waals surface area contributed by atoms with Gasteiger partial charge in [0.1, 0.15) is 35.5 Å². The number of hydrogen-bond acceptors (Lipinski definition) is 8. The Kier molecular flexibility index (Phi) is 7.19. The van der Waals surface area contributed by atoms with Crippen molar-refractivity contribution in [3.8, 4) is 5.75 Å². The van der Waals surface area contributed by atoms with Gasteiger partial charge in [0.15, 0.2) is 6.29 Å². The molecule has 2 fully saturated rings. The summed E-state index contributed by atoms with van der Waals surface area (Å²) < 4.78 is 29.1. The van der Waals surface area contributed by atoms with E-state index in [2.05, 4.69) is 10.0 Å². The van der Waals surface area contributed by atoms with E-state index in [0.29, 0.717) is 5.75 Å². The molecular weight excluding hydrogens is 434 g/mol. The van der Waals surface area contributed by atoms with Crippen LogP contribution < -0.4 is 4.74 Å². The number of esters is 1. The lowest BCUT2D eigenvalue weighted by atomic mass is 9.96. The Morgan fingerprint density at radius 3 is 2.56 bits per heavy atom. The number of benzene rings is 2. The van der Waals surface area contributed by atoms with Gasteiger partial charge in [-0.2, -0.15) is 0 Å². The summed E-state index contributed by atoms with van der Waals surface area (Å²) in [5.41, 5.74) is 9.44. The summed E-state index contributed by atoms with van der Waals surface area (Å²) in [6.07, 6.45) is -2.65. The number of nitrogens with zero attached hydrogens (tertiary/aromatic N) is 3. The molecule has 2 aromatic rings. The first-order chi connectivity index (χ1) is 15.6. The van der Waals surface area contributed by atoms with Crippen LogP contribution in [-0.4, -0.2) is 49.5 Å². The molecule has 2 aliphatic heterocycles. The average molecular weight is 458 g/mol. The van der Waals surface area contributed by atoms with Crippen LogP contribution in [0.15, 0.2) is 64.6 Å². The van der Waals surface area contributed by atoms with E-state index in [1.54, 1.807) is 7.11 Å². The minimum Gasteiger partial charge on any atom is -0.497 e. The first-order valence-electron chi connectivity index (χ1n) is 10.1. The summed E-state index contributed by atoms with van der Waals surface area (Å²) in [5, 5.41) is 3.96. The summed E-state index contributed by atoms with van der Waals surface area (Å²) in [4.78, 5) is 15.8. The van der Waals surface area contributed by atoms with Crippen LogP contribution in [0.2, 0.25) is 0 Å². The van der Waals surface area contributed by atoms with Crippen molar-refractivity contribution < 1.29 is 28.5 Å². The summed E-state index contributed by atoms with van der Waals surface area (Å²) in [5.74, 6) is 0.221. The van der Waals surface area contributed by atoms with Crippen LogP contribution in [0.4, 0.5) is 0 Å². The van der Waals surface area contributed by atoms with Gasteiger partial charge in [0, 0.05) is 22.3 Å². The van der Waals surface area contributed by atoms with E-state index in [1.807, 2.05) is 54.6 Å². The van der Waals surface area contributed by atoms with Gasteiger partial charge in [0.25, 0.3) is 0 Å². The van der Waals surface area contributed by atoms with Crippen LogP contribution in [0.3, 0.4) is 0 Å². The fourth-order valence-corrected chi connectivity index (χ4v) is 4.86.